The summed E-state index contributed by atoms with van der Waals surface area (Å²) in [6.45, 7) is 8.97. The first kappa shape index (κ1) is 13.5. The lowest BCUT2D eigenvalue weighted by molar-refractivity contribution is 0.0975. The zero-order valence-corrected chi connectivity index (χ0v) is 11.8. The summed E-state index contributed by atoms with van der Waals surface area (Å²) in [6, 6.07) is 0.398. The molecule has 1 aliphatic rings. The molecule has 5 nitrogen and oxygen atoms in total. The maximum atomic E-state index is 4.52. The van der Waals surface area contributed by atoms with E-state index < -0.39 is 0 Å². The maximum Gasteiger partial charge on any atom is 0.0947 e. The van der Waals surface area contributed by atoms with E-state index in [1.54, 1.807) is 0 Å². The van der Waals surface area contributed by atoms with Gasteiger partial charge in [0.15, 0.2) is 0 Å². The second-order valence-corrected chi connectivity index (χ2v) is 5.01. The van der Waals surface area contributed by atoms with E-state index in [1.165, 1.54) is 18.8 Å². The molecule has 2 rings (SSSR count). The van der Waals surface area contributed by atoms with Crippen molar-refractivity contribution in [3.63, 3.8) is 0 Å². The molecule has 0 spiro atoms. The van der Waals surface area contributed by atoms with Crippen LogP contribution in [0.1, 0.15) is 18.7 Å². The monoisotopic (exact) mass is 251 g/mol. The molecule has 5 heteroatoms. The van der Waals surface area contributed by atoms with Crippen molar-refractivity contribution in [1.82, 2.24) is 24.7 Å². The van der Waals surface area contributed by atoms with Crippen molar-refractivity contribution in [2.45, 2.75) is 13.0 Å². The SMILES string of the molecule is CCN1CCN(C(CNC)c2cn(C)cn2)CC1. The second kappa shape index (κ2) is 6.31. The largest absolute Gasteiger partial charge is 0.340 e. The van der Waals surface area contributed by atoms with Crippen molar-refractivity contribution in [2.75, 3.05) is 46.3 Å². The van der Waals surface area contributed by atoms with E-state index in [4.69, 9.17) is 0 Å². The zero-order chi connectivity index (χ0) is 13.0. The average Bonchev–Trinajstić information content (AvgIpc) is 2.82. The summed E-state index contributed by atoms with van der Waals surface area (Å²) in [6.07, 6.45) is 4.02. The predicted molar refractivity (Wildman–Crippen MR) is 73.6 cm³/mol. The standard InChI is InChI=1S/C13H25N5/c1-4-17-5-7-18(8-6-17)13(9-14-2)12-10-16(3)11-15-12/h10-11,13-14H,4-9H2,1-3H3. The zero-order valence-electron chi connectivity index (χ0n) is 11.8. The molecule has 1 aliphatic heterocycles. The summed E-state index contributed by atoms with van der Waals surface area (Å²) in [5, 5.41) is 3.29. The molecule has 2 heterocycles. The first-order chi connectivity index (χ1) is 8.74. The fourth-order valence-corrected chi connectivity index (χ4v) is 2.61. The number of hydrogen-bond acceptors (Lipinski definition) is 4. The van der Waals surface area contributed by atoms with Gasteiger partial charge in [0.05, 0.1) is 18.1 Å². The molecule has 1 N–H and O–H groups in total. The third-order valence-corrected chi connectivity index (χ3v) is 3.76. The van der Waals surface area contributed by atoms with Gasteiger partial charge in [-0.25, -0.2) is 4.98 Å². The van der Waals surface area contributed by atoms with Gasteiger partial charge in [-0.3, -0.25) is 4.90 Å². The van der Waals surface area contributed by atoms with Crippen LogP contribution in [0.2, 0.25) is 0 Å². The lowest BCUT2D eigenvalue weighted by atomic mass is 10.1. The van der Waals surface area contributed by atoms with Crippen molar-refractivity contribution >= 4 is 0 Å². The van der Waals surface area contributed by atoms with Crippen LogP contribution >= 0.6 is 0 Å². The first-order valence-corrected chi connectivity index (χ1v) is 6.83. The summed E-state index contributed by atoms with van der Waals surface area (Å²) >= 11 is 0. The normalized spacial score (nSPS) is 20.2. The Balaban J connectivity index is 2.02. The highest BCUT2D eigenvalue weighted by Crippen LogP contribution is 2.19. The second-order valence-electron chi connectivity index (χ2n) is 5.01. The van der Waals surface area contributed by atoms with Crippen LogP contribution in [0.15, 0.2) is 12.5 Å². The fraction of sp³-hybridized carbons (Fsp3) is 0.769. The molecular weight excluding hydrogens is 226 g/mol. The molecule has 0 amide bonds. The van der Waals surface area contributed by atoms with E-state index in [0.717, 1.165) is 26.2 Å². The number of nitrogens with zero attached hydrogens (tertiary/aromatic N) is 4. The lowest BCUT2D eigenvalue weighted by Gasteiger charge is -2.38. The van der Waals surface area contributed by atoms with E-state index in [2.05, 4.69) is 33.2 Å². The highest BCUT2D eigenvalue weighted by Gasteiger charge is 2.25. The predicted octanol–water partition coefficient (Wildman–Crippen LogP) is 0.318. The van der Waals surface area contributed by atoms with Gasteiger partial charge in [0.25, 0.3) is 0 Å². The molecule has 1 atom stereocenters. The van der Waals surface area contributed by atoms with E-state index in [-0.39, 0.29) is 0 Å². The minimum Gasteiger partial charge on any atom is -0.340 e. The molecule has 0 radical (unpaired) electrons. The minimum absolute atomic E-state index is 0.398. The molecule has 1 fully saturated rings. The fourth-order valence-electron chi connectivity index (χ4n) is 2.61. The smallest absolute Gasteiger partial charge is 0.0947 e. The van der Waals surface area contributed by atoms with E-state index >= 15 is 0 Å². The van der Waals surface area contributed by atoms with Crippen LogP contribution in [0.3, 0.4) is 0 Å². The van der Waals surface area contributed by atoms with Gasteiger partial charge in [0.1, 0.15) is 0 Å². The Hall–Kier alpha value is -0.910. The summed E-state index contributed by atoms with van der Waals surface area (Å²) in [7, 11) is 4.04. The highest BCUT2D eigenvalue weighted by molar-refractivity contribution is 5.05. The quantitative estimate of drug-likeness (QED) is 0.817. The van der Waals surface area contributed by atoms with E-state index in [1.807, 2.05) is 25.0 Å². The summed E-state index contributed by atoms with van der Waals surface area (Å²) in [5.74, 6) is 0. The molecule has 102 valence electrons. The van der Waals surface area contributed by atoms with Crippen LogP contribution < -0.4 is 5.32 Å². The van der Waals surface area contributed by atoms with Crippen molar-refractivity contribution < 1.29 is 0 Å². The minimum atomic E-state index is 0.398. The lowest BCUT2D eigenvalue weighted by Crippen LogP contribution is -2.49. The van der Waals surface area contributed by atoms with Crippen LogP contribution in [-0.4, -0.2) is 65.7 Å². The number of hydrogen-bond donors (Lipinski definition) is 1. The summed E-state index contributed by atoms with van der Waals surface area (Å²) in [5.41, 5.74) is 1.18. The van der Waals surface area contributed by atoms with Crippen molar-refractivity contribution in [1.29, 1.82) is 0 Å². The van der Waals surface area contributed by atoms with Gasteiger partial charge in [0, 0.05) is 46.0 Å². The van der Waals surface area contributed by atoms with Gasteiger partial charge in [-0.2, -0.15) is 0 Å². The first-order valence-electron chi connectivity index (χ1n) is 6.83. The van der Waals surface area contributed by atoms with Crippen LogP contribution in [0, 0.1) is 0 Å². The molecule has 18 heavy (non-hydrogen) atoms. The molecule has 1 unspecified atom stereocenters. The Bertz CT molecular complexity index is 354. The highest BCUT2D eigenvalue weighted by atomic mass is 15.3. The average molecular weight is 251 g/mol. The van der Waals surface area contributed by atoms with Gasteiger partial charge < -0.3 is 14.8 Å². The van der Waals surface area contributed by atoms with Crippen LogP contribution in [0.25, 0.3) is 0 Å². The Morgan fingerprint density at radius 1 is 1.33 bits per heavy atom. The molecule has 1 aromatic rings. The number of likely N-dealkylation sites (N-methyl/N-ethyl adjacent to an activating group) is 2. The number of nitrogens with one attached hydrogen (secondary N) is 1. The number of aryl methyl sites for hydroxylation is 1. The number of imidazole rings is 1. The number of piperazine rings is 1. The van der Waals surface area contributed by atoms with Crippen molar-refractivity contribution in [3.8, 4) is 0 Å². The van der Waals surface area contributed by atoms with Gasteiger partial charge in [0.2, 0.25) is 0 Å². The van der Waals surface area contributed by atoms with Crippen LogP contribution in [0.4, 0.5) is 0 Å². The molecule has 1 aromatic heterocycles. The van der Waals surface area contributed by atoms with Gasteiger partial charge >= 0.3 is 0 Å². The molecular formula is C13H25N5. The topological polar surface area (TPSA) is 36.3 Å². The molecule has 0 bridgehead atoms. The Labute approximate surface area is 110 Å². The van der Waals surface area contributed by atoms with Gasteiger partial charge in [-0.05, 0) is 13.6 Å². The molecule has 0 saturated carbocycles. The van der Waals surface area contributed by atoms with Crippen molar-refractivity contribution in [3.05, 3.63) is 18.2 Å². The van der Waals surface area contributed by atoms with Gasteiger partial charge in [-0.15, -0.1) is 0 Å². The summed E-state index contributed by atoms with van der Waals surface area (Å²) < 4.78 is 2.03. The van der Waals surface area contributed by atoms with E-state index in [9.17, 15) is 0 Å². The third kappa shape index (κ3) is 3.10. The maximum absolute atomic E-state index is 4.52. The Kier molecular flexibility index (Phi) is 4.74. The van der Waals surface area contributed by atoms with Crippen LogP contribution in [-0.2, 0) is 7.05 Å². The molecule has 0 aromatic carbocycles. The van der Waals surface area contributed by atoms with Crippen molar-refractivity contribution in [2.24, 2.45) is 7.05 Å². The molecule has 0 aliphatic carbocycles. The Morgan fingerprint density at radius 2 is 2.06 bits per heavy atom. The third-order valence-electron chi connectivity index (χ3n) is 3.76. The van der Waals surface area contributed by atoms with Gasteiger partial charge in [-0.1, -0.05) is 6.92 Å². The molecule has 1 saturated heterocycles. The van der Waals surface area contributed by atoms with Crippen LogP contribution in [0.5, 0.6) is 0 Å². The number of rotatable bonds is 5. The summed E-state index contributed by atoms with van der Waals surface area (Å²) in [4.78, 5) is 9.57. The Morgan fingerprint density at radius 3 is 2.56 bits per heavy atom. The van der Waals surface area contributed by atoms with E-state index in [0.29, 0.717) is 6.04 Å². The number of aromatic nitrogens is 2.